The van der Waals surface area contributed by atoms with E-state index in [1.807, 2.05) is 0 Å². The van der Waals surface area contributed by atoms with Crippen molar-refractivity contribution in [1.29, 1.82) is 0 Å². The fraction of sp³-hybridized carbons (Fsp3) is 1.00. The van der Waals surface area contributed by atoms with Gasteiger partial charge < -0.3 is 0 Å². The van der Waals surface area contributed by atoms with Crippen LogP contribution >= 0.6 is 0 Å². The number of halogens is 6. The van der Waals surface area contributed by atoms with Gasteiger partial charge in [-0.3, -0.25) is 0 Å². The second-order valence-corrected chi connectivity index (χ2v) is 3.64. The molecule has 0 aromatic heterocycles. The van der Waals surface area contributed by atoms with Gasteiger partial charge in [0, 0.05) is 0 Å². The number of hydrogen-bond donors (Lipinski definition) is 0. The molecule has 0 heterocycles. The SMILES string of the molecule is FC(F)(F)C1CCCC(C(F)(F)F)C1. The molecule has 0 aliphatic heterocycles. The highest BCUT2D eigenvalue weighted by atomic mass is 19.4. The maximum absolute atomic E-state index is 12.1. The lowest BCUT2D eigenvalue weighted by molar-refractivity contribution is -0.222. The van der Waals surface area contributed by atoms with Crippen molar-refractivity contribution in [3.63, 3.8) is 0 Å². The Kier molecular flexibility index (Phi) is 3.02. The fourth-order valence-corrected chi connectivity index (χ4v) is 1.78. The summed E-state index contributed by atoms with van der Waals surface area (Å²) in [7, 11) is 0. The molecule has 0 aromatic carbocycles. The van der Waals surface area contributed by atoms with E-state index in [4.69, 9.17) is 0 Å². The Balaban J connectivity index is 2.61. The van der Waals surface area contributed by atoms with E-state index in [1.165, 1.54) is 0 Å². The molecule has 2 unspecified atom stereocenters. The normalized spacial score (nSPS) is 30.4. The average molecular weight is 220 g/mol. The topological polar surface area (TPSA) is 0 Å². The standard InChI is InChI=1S/C8H10F6/c9-7(10,11)5-2-1-3-6(4-5)8(12,13)14/h5-6H,1-4H2. The van der Waals surface area contributed by atoms with Gasteiger partial charge in [-0.15, -0.1) is 0 Å². The van der Waals surface area contributed by atoms with Gasteiger partial charge in [-0.1, -0.05) is 6.42 Å². The van der Waals surface area contributed by atoms with E-state index >= 15 is 0 Å². The molecule has 1 aliphatic carbocycles. The van der Waals surface area contributed by atoms with Gasteiger partial charge in [0.25, 0.3) is 0 Å². The molecule has 1 saturated carbocycles. The molecule has 84 valence electrons. The van der Waals surface area contributed by atoms with Crippen molar-refractivity contribution in [3.05, 3.63) is 0 Å². The summed E-state index contributed by atoms with van der Waals surface area (Å²) in [4.78, 5) is 0. The minimum absolute atomic E-state index is 0.00829. The number of alkyl halides is 6. The van der Waals surface area contributed by atoms with E-state index in [0.29, 0.717) is 0 Å². The lowest BCUT2D eigenvalue weighted by Gasteiger charge is -2.31. The van der Waals surface area contributed by atoms with E-state index < -0.39 is 30.6 Å². The van der Waals surface area contributed by atoms with Crippen LogP contribution in [0, 0.1) is 11.8 Å². The molecule has 2 atom stereocenters. The Morgan fingerprint density at radius 1 is 0.714 bits per heavy atom. The lowest BCUT2D eigenvalue weighted by atomic mass is 9.81. The van der Waals surface area contributed by atoms with Gasteiger partial charge in [0.15, 0.2) is 0 Å². The van der Waals surface area contributed by atoms with Crippen molar-refractivity contribution in [1.82, 2.24) is 0 Å². The van der Waals surface area contributed by atoms with Gasteiger partial charge in [-0.05, 0) is 19.3 Å². The molecule has 14 heavy (non-hydrogen) atoms. The van der Waals surface area contributed by atoms with Gasteiger partial charge >= 0.3 is 12.4 Å². The first-order chi connectivity index (χ1) is 6.21. The summed E-state index contributed by atoms with van der Waals surface area (Å²) in [6.07, 6.45) is -10.1. The maximum Gasteiger partial charge on any atom is 0.391 e. The predicted octanol–water partition coefficient (Wildman–Crippen LogP) is 3.92. The van der Waals surface area contributed by atoms with Crippen LogP contribution < -0.4 is 0 Å². The Labute approximate surface area is 77.3 Å². The number of hydrogen-bond acceptors (Lipinski definition) is 0. The molecule has 0 aromatic rings. The van der Waals surface area contributed by atoms with Crippen LogP contribution in [0.3, 0.4) is 0 Å². The Morgan fingerprint density at radius 2 is 1.07 bits per heavy atom. The van der Waals surface area contributed by atoms with Crippen LogP contribution in [0.15, 0.2) is 0 Å². The third-order valence-electron chi connectivity index (χ3n) is 2.60. The molecular formula is C8H10F6. The van der Waals surface area contributed by atoms with Gasteiger partial charge in [-0.25, -0.2) is 0 Å². The molecule has 0 spiro atoms. The highest BCUT2D eigenvalue weighted by molar-refractivity contribution is 4.81. The minimum Gasteiger partial charge on any atom is -0.171 e. The summed E-state index contributed by atoms with van der Waals surface area (Å²) >= 11 is 0. The van der Waals surface area contributed by atoms with Crippen molar-refractivity contribution in [2.75, 3.05) is 0 Å². The van der Waals surface area contributed by atoms with Crippen LogP contribution in [0.25, 0.3) is 0 Å². The summed E-state index contributed by atoms with van der Waals surface area (Å²) in [5.74, 6) is -3.55. The molecule has 0 nitrogen and oxygen atoms in total. The monoisotopic (exact) mass is 220 g/mol. The first kappa shape index (κ1) is 11.7. The molecule has 1 aliphatic rings. The quantitative estimate of drug-likeness (QED) is 0.543. The van der Waals surface area contributed by atoms with Crippen LogP contribution in [0.5, 0.6) is 0 Å². The number of rotatable bonds is 0. The molecule has 0 radical (unpaired) electrons. The second-order valence-electron chi connectivity index (χ2n) is 3.64. The van der Waals surface area contributed by atoms with E-state index in [2.05, 4.69) is 0 Å². The van der Waals surface area contributed by atoms with E-state index in [0.717, 1.165) is 0 Å². The highest BCUT2D eigenvalue weighted by Gasteiger charge is 2.49. The predicted molar refractivity (Wildman–Crippen MR) is 37.6 cm³/mol. The van der Waals surface area contributed by atoms with Crippen molar-refractivity contribution < 1.29 is 26.3 Å². The summed E-state index contributed by atoms with van der Waals surface area (Å²) in [6.45, 7) is 0. The van der Waals surface area contributed by atoms with E-state index in [9.17, 15) is 26.3 Å². The van der Waals surface area contributed by atoms with Crippen molar-refractivity contribution in [2.24, 2.45) is 11.8 Å². The van der Waals surface area contributed by atoms with Crippen LogP contribution in [0.2, 0.25) is 0 Å². The first-order valence-corrected chi connectivity index (χ1v) is 4.34. The average Bonchev–Trinajstić information content (AvgIpc) is 2.01. The Bertz CT molecular complexity index is 171. The Hall–Kier alpha value is -0.420. The zero-order valence-electron chi connectivity index (χ0n) is 7.25. The van der Waals surface area contributed by atoms with Crippen LogP contribution in [-0.2, 0) is 0 Å². The van der Waals surface area contributed by atoms with Crippen LogP contribution in [-0.4, -0.2) is 12.4 Å². The first-order valence-electron chi connectivity index (χ1n) is 4.34. The van der Waals surface area contributed by atoms with Crippen LogP contribution in [0.1, 0.15) is 25.7 Å². The largest absolute Gasteiger partial charge is 0.391 e. The summed E-state index contributed by atoms with van der Waals surface area (Å²) < 4.78 is 72.8. The molecule has 1 fully saturated rings. The molecule has 0 N–H and O–H groups in total. The summed E-state index contributed by atoms with van der Waals surface area (Å²) in [6, 6.07) is 0. The highest BCUT2D eigenvalue weighted by Crippen LogP contribution is 2.45. The summed E-state index contributed by atoms with van der Waals surface area (Å²) in [5.41, 5.74) is 0. The third-order valence-corrected chi connectivity index (χ3v) is 2.60. The third kappa shape index (κ3) is 2.78. The van der Waals surface area contributed by atoms with Gasteiger partial charge in [-0.2, -0.15) is 26.3 Å². The molecule has 0 bridgehead atoms. The van der Waals surface area contributed by atoms with Crippen molar-refractivity contribution in [2.45, 2.75) is 38.0 Å². The smallest absolute Gasteiger partial charge is 0.171 e. The second kappa shape index (κ2) is 3.62. The maximum atomic E-state index is 12.1. The molecule has 1 rings (SSSR count). The molecule has 0 amide bonds. The van der Waals surface area contributed by atoms with E-state index in [1.54, 1.807) is 0 Å². The summed E-state index contributed by atoms with van der Waals surface area (Å²) in [5, 5.41) is 0. The molecule has 6 heteroatoms. The lowest BCUT2D eigenvalue weighted by Crippen LogP contribution is -2.34. The molecular weight excluding hydrogens is 210 g/mol. The van der Waals surface area contributed by atoms with Gasteiger partial charge in [0.1, 0.15) is 0 Å². The van der Waals surface area contributed by atoms with Gasteiger partial charge in [0.05, 0.1) is 11.8 Å². The van der Waals surface area contributed by atoms with E-state index in [-0.39, 0.29) is 19.3 Å². The minimum atomic E-state index is -4.48. The zero-order chi connectivity index (χ0) is 11.0. The fourth-order valence-electron chi connectivity index (χ4n) is 1.78. The van der Waals surface area contributed by atoms with Crippen molar-refractivity contribution >= 4 is 0 Å². The van der Waals surface area contributed by atoms with Gasteiger partial charge in [0.2, 0.25) is 0 Å². The molecule has 0 saturated heterocycles. The van der Waals surface area contributed by atoms with Crippen molar-refractivity contribution in [3.8, 4) is 0 Å². The zero-order valence-corrected chi connectivity index (χ0v) is 7.25. The van der Waals surface area contributed by atoms with Crippen LogP contribution in [0.4, 0.5) is 26.3 Å². The Morgan fingerprint density at radius 3 is 1.36 bits per heavy atom.